The number of nitrogens with zero attached hydrogens (tertiary/aromatic N) is 1. The van der Waals surface area contributed by atoms with Crippen LogP contribution < -0.4 is 10.2 Å². The van der Waals surface area contributed by atoms with E-state index in [4.69, 9.17) is 9.15 Å². The van der Waals surface area contributed by atoms with Crippen molar-refractivity contribution in [3.8, 4) is 5.75 Å². The van der Waals surface area contributed by atoms with Crippen LogP contribution in [0.2, 0.25) is 0 Å². The second kappa shape index (κ2) is 6.54. The van der Waals surface area contributed by atoms with Crippen LogP contribution in [0.4, 0.5) is 4.39 Å². The van der Waals surface area contributed by atoms with Crippen LogP contribution in [0, 0.1) is 12.7 Å². The minimum absolute atomic E-state index is 0.147. The third-order valence-corrected chi connectivity index (χ3v) is 3.61. The number of para-hydroxylation sites is 1. The summed E-state index contributed by atoms with van der Waals surface area (Å²) in [4.78, 5) is 12.2. The van der Waals surface area contributed by atoms with E-state index in [0.29, 0.717) is 11.1 Å². The molecule has 1 N–H and O–H groups in total. The third-order valence-electron chi connectivity index (χ3n) is 3.61. The molecule has 1 heterocycles. The van der Waals surface area contributed by atoms with Gasteiger partial charge < -0.3 is 9.15 Å². The van der Waals surface area contributed by atoms with Crippen LogP contribution in [0.5, 0.6) is 5.75 Å². The lowest BCUT2D eigenvalue weighted by molar-refractivity contribution is 0.0929. The Morgan fingerprint density at radius 1 is 1.29 bits per heavy atom. The van der Waals surface area contributed by atoms with E-state index >= 15 is 0 Å². The lowest BCUT2D eigenvalue weighted by Gasteiger charge is -2.01. The molecule has 0 saturated heterocycles. The molecule has 0 aliphatic carbocycles. The van der Waals surface area contributed by atoms with E-state index in [9.17, 15) is 9.18 Å². The van der Waals surface area contributed by atoms with Crippen LogP contribution in [0.3, 0.4) is 0 Å². The molecule has 122 valence electrons. The number of hydrogen-bond acceptors (Lipinski definition) is 4. The summed E-state index contributed by atoms with van der Waals surface area (Å²) in [6.45, 7) is 1.81. The summed E-state index contributed by atoms with van der Waals surface area (Å²) in [6.07, 6.45) is 1.35. The summed E-state index contributed by atoms with van der Waals surface area (Å²) in [5.41, 5.74) is 4.26. The highest BCUT2D eigenvalue weighted by Gasteiger charge is 2.16. The predicted octanol–water partition coefficient (Wildman–Crippen LogP) is 3.65. The number of rotatable bonds is 4. The quantitative estimate of drug-likeness (QED) is 0.588. The van der Waals surface area contributed by atoms with Gasteiger partial charge in [-0.25, -0.2) is 9.82 Å². The summed E-state index contributed by atoms with van der Waals surface area (Å²) in [5.74, 6) is -0.613. The van der Waals surface area contributed by atoms with Crippen molar-refractivity contribution in [2.75, 3.05) is 7.11 Å². The monoisotopic (exact) mass is 326 g/mol. The molecule has 1 amide bonds. The van der Waals surface area contributed by atoms with Gasteiger partial charge in [-0.1, -0.05) is 18.2 Å². The smallest absolute Gasteiger partial charge is 0.307 e. The van der Waals surface area contributed by atoms with Crippen molar-refractivity contribution < 1.29 is 18.3 Å². The van der Waals surface area contributed by atoms with Gasteiger partial charge >= 0.3 is 5.91 Å². The molecule has 3 rings (SSSR count). The van der Waals surface area contributed by atoms with Gasteiger partial charge in [-0.3, -0.25) is 4.79 Å². The zero-order valence-electron chi connectivity index (χ0n) is 13.2. The van der Waals surface area contributed by atoms with Gasteiger partial charge in [0, 0.05) is 10.9 Å². The number of halogens is 1. The molecule has 0 fully saturated rings. The Hall–Kier alpha value is -3.15. The van der Waals surface area contributed by atoms with Crippen LogP contribution in [0.15, 0.2) is 52.0 Å². The minimum Gasteiger partial charge on any atom is -0.494 e. The van der Waals surface area contributed by atoms with E-state index in [1.807, 2.05) is 25.1 Å². The average Bonchev–Trinajstić information content (AvgIpc) is 2.92. The van der Waals surface area contributed by atoms with Gasteiger partial charge in [0.1, 0.15) is 5.58 Å². The number of carbonyl (C=O) groups is 1. The number of hydrogen-bond donors (Lipinski definition) is 1. The largest absolute Gasteiger partial charge is 0.494 e. The second-order valence-corrected chi connectivity index (χ2v) is 5.15. The number of amides is 1. The van der Waals surface area contributed by atoms with Crippen molar-refractivity contribution in [1.29, 1.82) is 0 Å². The summed E-state index contributed by atoms with van der Waals surface area (Å²) in [6, 6.07) is 11.8. The number of hydrazone groups is 1. The fourth-order valence-electron chi connectivity index (χ4n) is 2.37. The zero-order valence-corrected chi connectivity index (χ0v) is 13.2. The Bertz CT molecular complexity index is 931. The van der Waals surface area contributed by atoms with Gasteiger partial charge in [-0.05, 0) is 36.8 Å². The molecule has 2 aromatic carbocycles. The first kappa shape index (κ1) is 15.7. The molecule has 0 saturated carbocycles. The Balaban J connectivity index is 1.75. The number of furan rings is 1. The van der Waals surface area contributed by atoms with Gasteiger partial charge in [0.25, 0.3) is 0 Å². The number of methoxy groups -OCH3 is 1. The first-order valence-corrected chi connectivity index (χ1v) is 7.25. The molecule has 3 aromatic rings. The van der Waals surface area contributed by atoms with E-state index in [2.05, 4.69) is 10.5 Å². The van der Waals surface area contributed by atoms with Crippen molar-refractivity contribution in [3.63, 3.8) is 0 Å². The SMILES string of the molecule is COc1ccc(/C=N\NC(=O)c2oc3ccccc3c2C)cc1F. The van der Waals surface area contributed by atoms with Crippen molar-refractivity contribution >= 4 is 23.1 Å². The number of ether oxygens (including phenoxy) is 1. The van der Waals surface area contributed by atoms with Crippen LogP contribution in [-0.2, 0) is 0 Å². The summed E-state index contributed by atoms with van der Waals surface area (Å²) < 4.78 is 24.0. The molecule has 0 radical (unpaired) electrons. The summed E-state index contributed by atoms with van der Waals surface area (Å²) in [7, 11) is 1.39. The number of carbonyl (C=O) groups excluding carboxylic acids is 1. The van der Waals surface area contributed by atoms with Crippen molar-refractivity contribution in [3.05, 3.63) is 65.2 Å². The van der Waals surface area contributed by atoms with Gasteiger partial charge in [-0.2, -0.15) is 5.10 Å². The molecule has 0 aliphatic rings. The highest BCUT2D eigenvalue weighted by Crippen LogP contribution is 2.24. The zero-order chi connectivity index (χ0) is 17.1. The molecule has 1 aromatic heterocycles. The molecule has 0 spiro atoms. The van der Waals surface area contributed by atoms with E-state index in [1.165, 1.54) is 25.5 Å². The molecule has 6 heteroatoms. The Kier molecular flexibility index (Phi) is 4.29. The molecule has 5 nitrogen and oxygen atoms in total. The maximum atomic E-state index is 13.6. The van der Waals surface area contributed by atoms with E-state index in [1.54, 1.807) is 12.1 Å². The molecule has 0 bridgehead atoms. The third kappa shape index (κ3) is 2.99. The number of benzene rings is 2. The maximum Gasteiger partial charge on any atom is 0.307 e. The van der Waals surface area contributed by atoms with E-state index in [0.717, 1.165) is 10.9 Å². The van der Waals surface area contributed by atoms with Crippen LogP contribution >= 0.6 is 0 Å². The fourth-order valence-corrected chi connectivity index (χ4v) is 2.37. The standard InChI is InChI=1S/C18H15FN2O3/c1-11-13-5-3-4-6-15(13)24-17(11)18(22)21-20-10-12-7-8-16(23-2)14(19)9-12/h3-10H,1-2H3,(H,21,22)/b20-10-. The van der Waals surface area contributed by atoms with E-state index in [-0.39, 0.29) is 11.5 Å². The first-order valence-electron chi connectivity index (χ1n) is 7.25. The number of nitrogens with one attached hydrogen (secondary N) is 1. The Morgan fingerprint density at radius 2 is 2.08 bits per heavy atom. The van der Waals surface area contributed by atoms with Crippen molar-refractivity contribution in [1.82, 2.24) is 5.43 Å². The Morgan fingerprint density at radius 3 is 2.79 bits per heavy atom. The van der Waals surface area contributed by atoms with Gasteiger partial charge in [-0.15, -0.1) is 0 Å². The summed E-state index contributed by atoms with van der Waals surface area (Å²) in [5, 5.41) is 4.71. The van der Waals surface area contributed by atoms with Gasteiger partial charge in [0.15, 0.2) is 17.3 Å². The van der Waals surface area contributed by atoms with Crippen LogP contribution in [0.25, 0.3) is 11.0 Å². The van der Waals surface area contributed by atoms with Gasteiger partial charge in [0.2, 0.25) is 0 Å². The van der Waals surface area contributed by atoms with Crippen LogP contribution in [-0.4, -0.2) is 19.2 Å². The van der Waals surface area contributed by atoms with E-state index < -0.39 is 11.7 Å². The van der Waals surface area contributed by atoms with Crippen molar-refractivity contribution in [2.45, 2.75) is 6.92 Å². The fraction of sp³-hybridized carbons (Fsp3) is 0.111. The lowest BCUT2D eigenvalue weighted by atomic mass is 10.1. The molecule has 0 aliphatic heterocycles. The molecule has 0 atom stereocenters. The second-order valence-electron chi connectivity index (χ2n) is 5.15. The van der Waals surface area contributed by atoms with Crippen LogP contribution in [0.1, 0.15) is 21.7 Å². The highest BCUT2D eigenvalue weighted by atomic mass is 19.1. The normalized spacial score (nSPS) is 11.1. The first-order chi connectivity index (χ1) is 11.6. The molecule has 0 unspecified atom stereocenters. The van der Waals surface area contributed by atoms with Gasteiger partial charge in [0.05, 0.1) is 13.3 Å². The number of fused-ring (bicyclic) bond motifs is 1. The highest BCUT2D eigenvalue weighted by molar-refractivity contribution is 5.99. The Labute approximate surface area is 137 Å². The topological polar surface area (TPSA) is 63.8 Å². The molecular formula is C18H15FN2O3. The minimum atomic E-state index is -0.499. The average molecular weight is 326 g/mol. The molecule has 24 heavy (non-hydrogen) atoms. The maximum absolute atomic E-state index is 13.6. The lowest BCUT2D eigenvalue weighted by Crippen LogP contribution is -2.17. The van der Waals surface area contributed by atoms with Crippen molar-refractivity contribution in [2.24, 2.45) is 5.10 Å². The number of aryl methyl sites for hydroxylation is 1. The predicted molar refractivity (Wildman–Crippen MR) is 89.0 cm³/mol. The molecular weight excluding hydrogens is 311 g/mol. The summed E-state index contributed by atoms with van der Waals surface area (Å²) >= 11 is 0.